The van der Waals surface area contributed by atoms with Gasteiger partial charge in [-0.15, -0.1) is 0 Å². The van der Waals surface area contributed by atoms with E-state index in [1.165, 1.54) is 5.56 Å². The third kappa shape index (κ3) is 2.23. The molecule has 0 heterocycles. The van der Waals surface area contributed by atoms with Gasteiger partial charge in [-0.25, -0.2) is 0 Å². The third-order valence-electron chi connectivity index (χ3n) is 4.10. The van der Waals surface area contributed by atoms with Crippen LogP contribution in [0.25, 0.3) is 0 Å². The number of carbonyl (C=O) groups excluding carboxylic acids is 1. The molecule has 0 bridgehead atoms. The molecule has 0 N–H and O–H groups in total. The van der Waals surface area contributed by atoms with E-state index in [9.17, 15) is 4.79 Å². The Hall–Kier alpha value is -1.11. The Morgan fingerprint density at radius 2 is 1.83 bits per heavy atom. The smallest absolute Gasteiger partial charge is 0.166 e. The highest BCUT2D eigenvalue weighted by atomic mass is 16.1. The van der Waals surface area contributed by atoms with E-state index in [0.717, 1.165) is 24.8 Å². The number of ketones is 1. The third-order valence-corrected chi connectivity index (χ3v) is 4.10. The van der Waals surface area contributed by atoms with Gasteiger partial charge in [0.15, 0.2) is 5.78 Å². The van der Waals surface area contributed by atoms with Crippen molar-refractivity contribution < 1.29 is 4.79 Å². The number of fused-ring (bicyclic) bond motifs is 1. The summed E-state index contributed by atoms with van der Waals surface area (Å²) in [6, 6.07) is 8.20. The first-order chi connectivity index (χ1) is 8.46. The van der Waals surface area contributed by atoms with Crippen molar-refractivity contribution in [3.8, 4) is 0 Å². The lowest BCUT2D eigenvalue weighted by Gasteiger charge is -2.32. The molecule has 98 valence electrons. The molecule has 1 nitrogen and oxygen atoms in total. The van der Waals surface area contributed by atoms with Gasteiger partial charge >= 0.3 is 0 Å². The van der Waals surface area contributed by atoms with Gasteiger partial charge in [0, 0.05) is 11.5 Å². The molecule has 0 saturated carbocycles. The van der Waals surface area contributed by atoms with Crippen molar-refractivity contribution in [1.29, 1.82) is 0 Å². The van der Waals surface area contributed by atoms with Crippen molar-refractivity contribution in [3.63, 3.8) is 0 Å². The highest BCUT2D eigenvalue weighted by Gasteiger charge is 2.44. The van der Waals surface area contributed by atoms with Gasteiger partial charge in [-0.05, 0) is 23.3 Å². The molecule has 0 saturated heterocycles. The van der Waals surface area contributed by atoms with Crippen molar-refractivity contribution in [1.82, 2.24) is 0 Å². The molecule has 0 aliphatic heterocycles. The fourth-order valence-corrected chi connectivity index (χ4v) is 3.35. The van der Waals surface area contributed by atoms with Crippen LogP contribution in [-0.4, -0.2) is 5.78 Å². The first-order valence-corrected chi connectivity index (χ1v) is 7.10. The molecule has 2 atom stereocenters. The van der Waals surface area contributed by atoms with Crippen LogP contribution in [0.2, 0.25) is 0 Å². The molecule has 0 unspecified atom stereocenters. The van der Waals surface area contributed by atoms with Crippen molar-refractivity contribution in [3.05, 3.63) is 35.4 Å². The first-order valence-electron chi connectivity index (χ1n) is 7.10. The van der Waals surface area contributed by atoms with Crippen molar-refractivity contribution in [2.75, 3.05) is 0 Å². The number of hydrogen-bond donors (Lipinski definition) is 0. The predicted octanol–water partition coefficient (Wildman–Crippen LogP) is 4.82. The van der Waals surface area contributed by atoms with E-state index >= 15 is 0 Å². The maximum Gasteiger partial charge on any atom is 0.166 e. The largest absolute Gasteiger partial charge is 0.294 e. The van der Waals surface area contributed by atoms with Crippen LogP contribution in [0, 0.1) is 11.3 Å². The van der Waals surface area contributed by atoms with E-state index in [0.29, 0.717) is 11.7 Å². The van der Waals surface area contributed by atoms with Crippen molar-refractivity contribution in [2.24, 2.45) is 11.3 Å². The van der Waals surface area contributed by atoms with Crippen LogP contribution >= 0.6 is 0 Å². The zero-order valence-electron chi connectivity index (χ0n) is 12.0. The fourth-order valence-electron chi connectivity index (χ4n) is 3.35. The van der Waals surface area contributed by atoms with Crippen LogP contribution < -0.4 is 0 Å². The molecule has 0 fully saturated rings. The number of benzene rings is 1. The highest BCUT2D eigenvalue weighted by molar-refractivity contribution is 6.03. The molecule has 2 rings (SSSR count). The first kappa shape index (κ1) is 13.3. The molecule has 0 amide bonds. The molecule has 1 aromatic carbocycles. The van der Waals surface area contributed by atoms with Crippen LogP contribution in [0.1, 0.15) is 68.8 Å². The average molecular weight is 244 g/mol. The molecular weight excluding hydrogens is 220 g/mol. The second-order valence-electron chi connectivity index (χ2n) is 6.54. The van der Waals surface area contributed by atoms with Gasteiger partial charge in [0.2, 0.25) is 0 Å². The number of unbranched alkanes of at least 4 members (excludes halogenated alkanes) is 1. The summed E-state index contributed by atoms with van der Waals surface area (Å²) in [6.07, 6.45) is 3.35. The maximum absolute atomic E-state index is 12.6. The van der Waals surface area contributed by atoms with Crippen LogP contribution in [0.5, 0.6) is 0 Å². The van der Waals surface area contributed by atoms with E-state index in [4.69, 9.17) is 0 Å². The number of rotatable bonds is 3. The quantitative estimate of drug-likeness (QED) is 0.745. The summed E-state index contributed by atoms with van der Waals surface area (Å²) < 4.78 is 0. The van der Waals surface area contributed by atoms with Gasteiger partial charge in [0.05, 0.1) is 0 Å². The van der Waals surface area contributed by atoms with Gasteiger partial charge in [0.25, 0.3) is 0 Å². The average Bonchev–Trinajstić information content (AvgIpc) is 2.60. The lowest BCUT2D eigenvalue weighted by atomic mass is 9.71. The summed E-state index contributed by atoms with van der Waals surface area (Å²) in [6.45, 7) is 8.96. The Kier molecular flexibility index (Phi) is 3.61. The monoisotopic (exact) mass is 244 g/mol. The lowest BCUT2D eigenvalue weighted by molar-refractivity contribution is 0.0876. The van der Waals surface area contributed by atoms with E-state index in [-0.39, 0.29) is 11.3 Å². The minimum atomic E-state index is 0.153. The van der Waals surface area contributed by atoms with Gasteiger partial charge < -0.3 is 0 Å². The zero-order chi connectivity index (χ0) is 13.3. The van der Waals surface area contributed by atoms with Gasteiger partial charge in [-0.3, -0.25) is 4.79 Å². The highest BCUT2D eigenvalue weighted by Crippen LogP contribution is 2.49. The molecule has 0 spiro atoms. The van der Waals surface area contributed by atoms with E-state index < -0.39 is 0 Å². The minimum absolute atomic E-state index is 0.153. The Bertz CT molecular complexity index is 439. The standard InChI is InChI=1S/C17H24O/c1-5-6-9-14-15(17(2,3)4)12-10-7-8-11-13(12)16(14)18/h7-8,10-11,14-15H,5-6,9H2,1-4H3/t14-,15+/m0/s1. The Balaban J connectivity index is 2.41. The van der Waals surface area contributed by atoms with Crippen LogP contribution in [0.3, 0.4) is 0 Å². The predicted molar refractivity (Wildman–Crippen MR) is 76.0 cm³/mol. The molecule has 1 heteroatoms. The molecule has 1 aliphatic carbocycles. The zero-order valence-corrected chi connectivity index (χ0v) is 12.0. The summed E-state index contributed by atoms with van der Waals surface area (Å²) in [7, 11) is 0. The van der Waals surface area contributed by atoms with Gasteiger partial charge in [0.1, 0.15) is 0 Å². The Morgan fingerprint density at radius 3 is 2.44 bits per heavy atom. The Morgan fingerprint density at radius 1 is 1.17 bits per heavy atom. The summed E-state index contributed by atoms with van der Waals surface area (Å²) in [5.74, 6) is 0.953. The SMILES string of the molecule is CCCC[C@@H]1C(=O)c2ccccc2[C@H]1C(C)(C)C. The molecule has 18 heavy (non-hydrogen) atoms. The second kappa shape index (κ2) is 4.87. The summed E-state index contributed by atoms with van der Waals surface area (Å²) in [5, 5.41) is 0. The molecule has 1 aromatic rings. The maximum atomic E-state index is 12.6. The van der Waals surface area contributed by atoms with Crippen molar-refractivity contribution >= 4 is 5.78 Å². The van der Waals surface area contributed by atoms with Gasteiger partial charge in [-0.1, -0.05) is 64.8 Å². The minimum Gasteiger partial charge on any atom is -0.294 e. The molecule has 0 aromatic heterocycles. The molecular formula is C17H24O. The topological polar surface area (TPSA) is 17.1 Å². The van der Waals surface area contributed by atoms with Crippen molar-refractivity contribution in [2.45, 2.75) is 52.9 Å². The van der Waals surface area contributed by atoms with E-state index in [1.807, 2.05) is 12.1 Å². The molecule has 1 aliphatic rings. The van der Waals surface area contributed by atoms with E-state index in [1.54, 1.807) is 0 Å². The molecule has 0 radical (unpaired) electrons. The number of Topliss-reactive ketones (excluding diaryl/α,β-unsaturated/α-hetero) is 1. The van der Waals surface area contributed by atoms with Gasteiger partial charge in [-0.2, -0.15) is 0 Å². The fraction of sp³-hybridized carbons (Fsp3) is 0.588. The van der Waals surface area contributed by atoms with Crippen LogP contribution in [-0.2, 0) is 0 Å². The lowest BCUT2D eigenvalue weighted by Crippen LogP contribution is -2.25. The number of hydrogen-bond acceptors (Lipinski definition) is 1. The van der Waals surface area contributed by atoms with E-state index in [2.05, 4.69) is 39.8 Å². The summed E-state index contributed by atoms with van der Waals surface area (Å²) in [4.78, 5) is 12.6. The summed E-state index contributed by atoms with van der Waals surface area (Å²) >= 11 is 0. The number of carbonyl (C=O) groups is 1. The normalized spacial score (nSPS) is 23.2. The van der Waals surface area contributed by atoms with Crippen LogP contribution in [0.4, 0.5) is 0 Å². The Labute approximate surface area is 111 Å². The van der Waals surface area contributed by atoms with Crippen LogP contribution in [0.15, 0.2) is 24.3 Å². The summed E-state index contributed by atoms with van der Waals surface area (Å²) in [5.41, 5.74) is 2.40. The second-order valence-corrected chi connectivity index (χ2v) is 6.54.